The zero-order valence-corrected chi connectivity index (χ0v) is 18.9. The number of aromatic nitrogens is 1. The van der Waals surface area contributed by atoms with Crippen LogP contribution in [-0.4, -0.2) is 24.4 Å². The van der Waals surface area contributed by atoms with E-state index in [9.17, 15) is 18.4 Å². The van der Waals surface area contributed by atoms with Crippen LogP contribution in [0.1, 0.15) is 41.3 Å². The average Bonchev–Trinajstić information content (AvgIpc) is 3.11. The molecule has 1 saturated heterocycles. The molecule has 1 aromatic heterocycles. The van der Waals surface area contributed by atoms with Crippen molar-refractivity contribution in [1.29, 1.82) is 0 Å². The van der Waals surface area contributed by atoms with Crippen molar-refractivity contribution in [3.63, 3.8) is 0 Å². The van der Waals surface area contributed by atoms with E-state index in [0.29, 0.717) is 17.3 Å². The number of rotatable bonds is 4. The van der Waals surface area contributed by atoms with Gasteiger partial charge in [-0.05, 0) is 41.7 Å². The number of halogens is 4. The molecule has 0 saturated carbocycles. The Labute approximate surface area is 199 Å². The second-order valence-electron chi connectivity index (χ2n) is 8.64. The number of hydrogen-bond acceptors (Lipinski definition) is 4. The largest absolute Gasteiger partial charge is 0.618 e. The van der Waals surface area contributed by atoms with Crippen LogP contribution in [0.5, 0.6) is 5.75 Å². The minimum atomic E-state index is -4.70. The van der Waals surface area contributed by atoms with Gasteiger partial charge in [0.15, 0.2) is 12.3 Å². The van der Waals surface area contributed by atoms with Crippen LogP contribution >= 0.6 is 11.6 Å². The number of likely N-dealkylation sites (tertiary alicyclic amines) is 1. The molecule has 178 valence electrons. The molecule has 0 radical (unpaired) electrons. The summed E-state index contributed by atoms with van der Waals surface area (Å²) in [6, 6.07) is 17.1. The van der Waals surface area contributed by atoms with E-state index in [1.165, 1.54) is 18.3 Å². The van der Waals surface area contributed by atoms with E-state index >= 15 is 0 Å². The summed E-state index contributed by atoms with van der Waals surface area (Å²) in [4.78, 5) is 2.25. The summed E-state index contributed by atoms with van der Waals surface area (Å²) in [6.45, 7) is 2.10. The predicted octanol–water partition coefficient (Wildman–Crippen LogP) is 5.48. The second kappa shape index (κ2) is 8.76. The summed E-state index contributed by atoms with van der Waals surface area (Å²) in [5.41, 5.74) is 2.93. The topological polar surface area (TPSA) is 48.6 Å². The molecule has 2 aliphatic rings. The highest BCUT2D eigenvalue weighted by Crippen LogP contribution is 2.51. The number of nitrogens with zero attached hydrogens (tertiary/aromatic N) is 2. The van der Waals surface area contributed by atoms with E-state index in [1.54, 1.807) is 24.3 Å². The SMILES string of the molecule is [O-][n+]1ccc(Cl)cc1C1OC2(CCN(Cc3ccc(OC(F)(F)F)cc3)CC2)c2ccccc21. The minimum Gasteiger partial charge on any atom is -0.618 e. The molecular formula is C25H22ClF3N2O3. The Hall–Kier alpha value is -2.81. The van der Waals surface area contributed by atoms with Crippen LogP contribution in [0, 0.1) is 5.21 Å². The first-order valence-electron chi connectivity index (χ1n) is 11.0. The Morgan fingerprint density at radius 2 is 1.79 bits per heavy atom. The first-order chi connectivity index (χ1) is 16.2. The smallest absolute Gasteiger partial charge is 0.573 e. The number of piperidine rings is 1. The van der Waals surface area contributed by atoms with Crippen molar-refractivity contribution in [3.05, 3.63) is 99.5 Å². The van der Waals surface area contributed by atoms with Gasteiger partial charge in [0, 0.05) is 31.8 Å². The van der Waals surface area contributed by atoms with Gasteiger partial charge in [-0.1, -0.05) is 48.0 Å². The summed E-state index contributed by atoms with van der Waals surface area (Å²) in [7, 11) is 0. The minimum absolute atomic E-state index is 0.229. The summed E-state index contributed by atoms with van der Waals surface area (Å²) in [5, 5.41) is 13.0. The fourth-order valence-electron chi connectivity index (χ4n) is 4.90. The molecule has 1 spiro atoms. The zero-order valence-electron chi connectivity index (χ0n) is 18.1. The van der Waals surface area contributed by atoms with E-state index in [0.717, 1.165) is 47.4 Å². The van der Waals surface area contributed by atoms with Crippen molar-refractivity contribution < 1.29 is 27.4 Å². The van der Waals surface area contributed by atoms with Crippen LogP contribution in [0.2, 0.25) is 5.02 Å². The van der Waals surface area contributed by atoms with Gasteiger partial charge in [0.1, 0.15) is 5.75 Å². The molecule has 34 heavy (non-hydrogen) atoms. The lowest BCUT2D eigenvalue weighted by atomic mass is 9.83. The molecule has 2 aliphatic heterocycles. The lowest BCUT2D eigenvalue weighted by molar-refractivity contribution is -0.618. The van der Waals surface area contributed by atoms with Gasteiger partial charge in [-0.3, -0.25) is 4.90 Å². The highest BCUT2D eigenvalue weighted by atomic mass is 35.5. The molecule has 3 aromatic rings. The van der Waals surface area contributed by atoms with E-state index < -0.39 is 18.1 Å². The normalized spacial score (nSPS) is 19.8. The third kappa shape index (κ3) is 4.58. The third-order valence-corrected chi connectivity index (χ3v) is 6.72. The van der Waals surface area contributed by atoms with Gasteiger partial charge in [-0.15, -0.1) is 13.2 Å². The standard InChI is InChI=1S/C25H22ClF3N2O3/c26-18-9-12-31(32)22(15-18)23-20-3-1-2-4-21(20)24(34-23)10-13-30(14-11-24)16-17-5-7-19(8-6-17)33-25(27,28)29/h1-9,12,15,23H,10-11,13-14,16H2. The maximum Gasteiger partial charge on any atom is 0.573 e. The first kappa shape index (κ1) is 23.0. The van der Waals surface area contributed by atoms with Gasteiger partial charge in [-0.2, -0.15) is 4.73 Å². The Morgan fingerprint density at radius 3 is 2.50 bits per heavy atom. The number of fused-ring (bicyclic) bond motifs is 2. The van der Waals surface area contributed by atoms with E-state index in [2.05, 4.69) is 15.7 Å². The molecule has 2 aromatic carbocycles. The molecule has 1 atom stereocenters. The van der Waals surface area contributed by atoms with Crippen molar-refractivity contribution >= 4 is 11.6 Å². The van der Waals surface area contributed by atoms with Crippen LogP contribution in [0.4, 0.5) is 13.2 Å². The number of alkyl halides is 3. The fourth-order valence-corrected chi connectivity index (χ4v) is 5.06. The van der Waals surface area contributed by atoms with Gasteiger partial charge in [0.25, 0.3) is 0 Å². The number of hydrogen-bond donors (Lipinski definition) is 0. The summed E-state index contributed by atoms with van der Waals surface area (Å²) in [6.07, 6.45) is -2.35. The lowest BCUT2D eigenvalue weighted by Crippen LogP contribution is -2.42. The highest BCUT2D eigenvalue weighted by Gasteiger charge is 2.49. The van der Waals surface area contributed by atoms with Gasteiger partial charge in [0.2, 0.25) is 5.69 Å². The van der Waals surface area contributed by atoms with Gasteiger partial charge < -0.3 is 14.7 Å². The molecule has 3 heterocycles. The highest BCUT2D eigenvalue weighted by molar-refractivity contribution is 6.30. The molecule has 0 bridgehead atoms. The van der Waals surface area contributed by atoms with Crippen molar-refractivity contribution in [2.24, 2.45) is 0 Å². The molecule has 9 heteroatoms. The van der Waals surface area contributed by atoms with Gasteiger partial charge >= 0.3 is 6.36 Å². The van der Waals surface area contributed by atoms with E-state index in [1.807, 2.05) is 18.2 Å². The third-order valence-electron chi connectivity index (χ3n) is 6.48. The predicted molar refractivity (Wildman–Crippen MR) is 119 cm³/mol. The van der Waals surface area contributed by atoms with Crippen LogP contribution < -0.4 is 9.47 Å². The lowest BCUT2D eigenvalue weighted by Gasteiger charge is -2.39. The average molecular weight is 491 g/mol. The fraction of sp³-hybridized carbons (Fsp3) is 0.320. The van der Waals surface area contributed by atoms with E-state index in [4.69, 9.17) is 16.3 Å². The van der Waals surface area contributed by atoms with E-state index in [-0.39, 0.29) is 5.75 Å². The number of pyridine rings is 1. The Bertz CT molecular complexity index is 1180. The van der Waals surface area contributed by atoms with Gasteiger partial charge in [0.05, 0.1) is 10.6 Å². The van der Waals surface area contributed by atoms with Crippen molar-refractivity contribution in [1.82, 2.24) is 4.90 Å². The second-order valence-corrected chi connectivity index (χ2v) is 9.08. The maximum absolute atomic E-state index is 12.5. The quantitative estimate of drug-likeness (QED) is 0.359. The Kier molecular flexibility index (Phi) is 5.91. The maximum atomic E-state index is 12.5. The summed E-state index contributed by atoms with van der Waals surface area (Å²) < 4.78 is 48.5. The molecule has 1 fully saturated rings. The molecule has 5 rings (SSSR count). The monoisotopic (exact) mass is 490 g/mol. The van der Waals surface area contributed by atoms with Crippen molar-refractivity contribution in [2.45, 2.75) is 37.5 Å². The summed E-state index contributed by atoms with van der Waals surface area (Å²) >= 11 is 6.16. The molecular weight excluding hydrogens is 469 g/mol. The molecule has 1 unspecified atom stereocenters. The Morgan fingerprint density at radius 1 is 1.09 bits per heavy atom. The van der Waals surface area contributed by atoms with Crippen LogP contribution in [0.3, 0.4) is 0 Å². The van der Waals surface area contributed by atoms with Crippen molar-refractivity contribution in [3.8, 4) is 5.75 Å². The van der Waals surface area contributed by atoms with Crippen LogP contribution in [0.15, 0.2) is 66.9 Å². The molecule has 0 aliphatic carbocycles. The van der Waals surface area contributed by atoms with Crippen LogP contribution in [-0.2, 0) is 16.9 Å². The van der Waals surface area contributed by atoms with Gasteiger partial charge in [-0.25, -0.2) is 0 Å². The molecule has 5 nitrogen and oxygen atoms in total. The zero-order chi connectivity index (χ0) is 23.9. The number of benzene rings is 2. The Balaban J connectivity index is 1.30. The first-order valence-corrected chi connectivity index (χ1v) is 11.3. The molecule has 0 N–H and O–H groups in total. The molecule has 0 amide bonds. The van der Waals surface area contributed by atoms with Crippen LogP contribution in [0.25, 0.3) is 0 Å². The number of ether oxygens (including phenoxy) is 2. The summed E-state index contributed by atoms with van der Waals surface area (Å²) in [5.74, 6) is -0.229. The van der Waals surface area contributed by atoms with Crippen molar-refractivity contribution in [2.75, 3.05) is 13.1 Å².